The second-order valence-electron chi connectivity index (χ2n) is 4.13. The standard InChI is InChI=1S/C14H10FNO4/c1-9-2-5-14(10(6-9)8-17)20-11-3-4-13(16(18)19)12(15)7-11/h2-8H,1H3. The molecular formula is C14H10FNO4. The summed E-state index contributed by atoms with van der Waals surface area (Å²) in [6.45, 7) is 1.82. The van der Waals surface area contributed by atoms with Crippen LogP contribution in [-0.2, 0) is 0 Å². The van der Waals surface area contributed by atoms with E-state index in [1.807, 2.05) is 6.92 Å². The Bertz CT molecular complexity index is 685. The van der Waals surface area contributed by atoms with E-state index >= 15 is 0 Å². The Kier molecular flexibility index (Phi) is 3.74. The first kappa shape index (κ1) is 13.7. The van der Waals surface area contributed by atoms with E-state index in [0.29, 0.717) is 11.8 Å². The fourth-order valence-electron chi connectivity index (χ4n) is 1.68. The number of hydrogen-bond donors (Lipinski definition) is 0. The molecule has 0 heterocycles. The lowest BCUT2D eigenvalue weighted by Gasteiger charge is -2.08. The van der Waals surface area contributed by atoms with E-state index in [4.69, 9.17) is 4.74 Å². The SMILES string of the molecule is Cc1ccc(Oc2ccc([N+](=O)[O-])c(F)c2)c(C=O)c1. The summed E-state index contributed by atoms with van der Waals surface area (Å²) in [4.78, 5) is 20.6. The highest BCUT2D eigenvalue weighted by Gasteiger charge is 2.15. The lowest BCUT2D eigenvalue weighted by molar-refractivity contribution is -0.387. The number of carbonyl (C=O) groups is 1. The van der Waals surface area contributed by atoms with E-state index < -0.39 is 16.4 Å². The average Bonchev–Trinajstić information content (AvgIpc) is 2.40. The highest BCUT2D eigenvalue weighted by atomic mass is 19.1. The second-order valence-corrected chi connectivity index (χ2v) is 4.13. The Morgan fingerprint density at radius 2 is 2.00 bits per heavy atom. The quantitative estimate of drug-likeness (QED) is 0.485. The fourth-order valence-corrected chi connectivity index (χ4v) is 1.68. The van der Waals surface area contributed by atoms with Crippen LogP contribution in [0, 0.1) is 22.9 Å². The van der Waals surface area contributed by atoms with Crippen molar-refractivity contribution in [1.29, 1.82) is 0 Å². The molecule has 2 rings (SSSR count). The van der Waals surface area contributed by atoms with Crippen LogP contribution < -0.4 is 4.74 Å². The maximum absolute atomic E-state index is 13.5. The molecule has 0 saturated heterocycles. The summed E-state index contributed by atoms with van der Waals surface area (Å²) in [5.41, 5.74) is 0.579. The van der Waals surface area contributed by atoms with Crippen molar-refractivity contribution in [3.63, 3.8) is 0 Å². The number of halogens is 1. The van der Waals surface area contributed by atoms with E-state index in [-0.39, 0.29) is 11.5 Å². The van der Waals surface area contributed by atoms with E-state index in [1.54, 1.807) is 18.2 Å². The van der Waals surface area contributed by atoms with Crippen LogP contribution in [0.25, 0.3) is 0 Å². The van der Waals surface area contributed by atoms with Crippen molar-refractivity contribution in [2.24, 2.45) is 0 Å². The van der Waals surface area contributed by atoms with Gasteiger partial charge >= 0.3 is 5.69 Å². The predicted octanol–water partition coefficient (Wildman–Crippen LogP) is 3.65. The molecule has 102 valence electrons. The Hall–Kier alpha value is -2.76. The summed E-state index contributed by atoms with van der Waals surface area (Å²) < 4.78 is 18.8. The molecule has 0 amide bonds. The number of nitro groups is 1. The molecule has 0 aliphatic heterocycles. The number of ether oxygens (including phenoxy) is 1. The molecule has 0 saturated carbocycles. The highest BCUT2D eigenvalue weighted by molar-refractivity contribution is 5.79. The third-order valence-corrected chi connectivity index (χ3v) is 2.64. The van der Waals surface area contributed by atoms with E-state index in [1.165, 1.54) is 6.07 Å². The zero-order chi connectivity index (χ0) is 14.7. The molecule has 0 aliphatic carbocycles. The van der Waals surface area contributed by atoms with Crippen molar-refractivity contribution < 1.29 is 18.8 Å². The topological polar surface area (TPSA) is 69.4 Å². The Morgan fingerprint density at radius 3 is 2.60 bits per heavy atom. The number of benzene rings is 2. The van der Waals surface area contributed by atoms with Crippen molar-refractivity contribution in [2.75, 3.05) is 0 Å². The molecule has 0 atom stereocenters. The van der Waals surface area contributed by atoms with Gasteiger partial charge in [-0.05, 0) is 25.1 Å². The molecule has 2 aromatic rings. The summed E-state index contributed by atoms with van der Waals surface area (Å²) in [6.07, 6.45) is 0.629. The smallest absolute Gasteiger partial charge is 0.305 e. The maximum Gasteiger partial charge on any atom is 0.305 e. The molecule has 0 radical (unpaired) electrons. The first-order valence-electron chi connectivity index (χ1n) is 5.69. The molecule has 20 heavy (non-hydrogen) atoms. The lowest BCUT2D eigenvalue weighted by atomic mass is 10.1. The van der Waals surface area contributed by atoms with Crippen LogP contribution in [0.4, 0.5) is 10.1 Å². The van der Waals surface area contributed by atoms with E-state index in [2.05, 4.69) is 0 Å². The molecule has 6 heteroatoms. The molecule has 0 aromatic heterocycles. The molecule has 0 aliphatic rings. The number of hydrogen-bond acceptors (Lipinski definition) is 4. The third kappa shape index (κ3) is 2.80. The highest BCUT2D eigenvalue weighted by Crippen LogP contribution is 2.28. The predicted molar refractivity (Wildman–Crippen MR) is 69.7 cm³/mol. The minimum Gasteiger partial charge on any atom is -0.457 e. The van der Waals surface area contributed by atoms with Gasteiger partial charge in [0.1, 0.15) is 11.5 Å². The Balaban J connectivity index is 2.33. The van der Waals surface area contributed by atoms with Gasteiger partial charge in [0, 0.05) is 12.1 Å². The van der Waals surface area contributed by atoms with Gasteiger partial charge in [0.05, 0.1) is 10.5 Å². The fraction of sp³-hybridized carbons (Fsp3) is 0.0714. The van der Waals surface area contributed by atoms with Gasteiger partial charge in [-0.1, -0.05) is 11.6 Å². The maximum atomic E-state index is 13.5. The summed E-state index contributed by atoms with van der Waals surface area (Å²) >= 11 is 0. The van der Waals surface area contributed by atoms with Crippen molar-refractivity contribution >= 4 is 12.0 Å². The molecule has 5 nitrogen and oxygen atoms in total. The molecule has 0 bridgehead atoms. The minimum absolute atomic E-state index is 0.0834. The van der Waals surface area contributed by atoms with E-state index in [9.17, 15) is 19.3 Å². The van der Waals surface area contributed by atoms with Gasteiger partial charge in [0.15, 0.2) is 6.29 Å². The average molecular weight is 275 g/mol. The molecule has 0 unspecified atom stereocenters. The summed E-state index contributed by atoms with van der Waals surface area (Å²) in [5, 5.41) is 10.5. The van der Waals surface area contributed by atoms with E-state index in [0.717, 1.165) is 17.7 Å². The molecule has 2 aromatic carbocycles. The number of nitro benzene ring substituents is 1. The van der Waals surface area contributed by atoms with Crippen LogP contribution in [0.1, 0.15) is 15.9 Å². The normalized spacial score (nSPS) is 10.1. The second kappa shape index (κ2) is 5.48. The number of aldehydes is 1. The molecule has 0 fully saturated rings. The van der Waals surface area contributed by atoms with Gasteiger partial charge in [-0.3, -0.25) is 14.9 Å². The summed E-state index contributed by atoms with van der Waals surface area (Å²) in [5.74, 6) is -0.647. The zero-order valence-corrected chi connectivity index (χ0v) is 10.5. The molecule has 0 spiro atoms. The monoisotopic (exact) mass is 275 g/mol. The van der Waals surface area contributed by atoms with Crippen LogP contribution in [0.5, 0.6) is 11.5 Å². The van der Waals surface area contributed by atoms with Gasteiger partial charge < -0.3 is 4.74 Å². The lowest BCUT2D eigenvalue weighted by Crippen LogP contribution is -1.95. The van der Waals surface area contributed by atoms with Gasteiger partial charge in [-0.2, -0.15) is 4.39 Å². The minimum atomic E-state index is -0.993. The Morgan fingerprint density at radius 1 is 1.25 bits per heavy atom. The third-order valence-electron chi connectivity index (χ3n) is 2.64. The number of aryl methyl sites for hydroxylation is 1. The van der Waals surface area contributed by atoms with Crippen LogP contribution >= 0.6 is 0 Å². The van der Waals surface area contributed by atoms with Crippen molar-refractivity contribution in [3.05, 3.63) is 63.5 Å². The zero-order valence-electron chi connectivity index (χ0n) is 10.5. The summed E-state index contributed by atoms with van der Waals surface area (Å²) in [7, 11) is 0. The van der Waals surface area contributed by atoms with Crippen LogP contribution in [-0.4, -0.2) is 11.2 Å². The van der Waals surface area contributed by atoms with Crippen molar-refractivity contribution in [1.82, 2.24) is 0 Å². The van der Waals surface area contributed by atoms with Crippen LogP contribution in [0.15, 0.2) is 36.4 Å². The van der Waals surface area contributed by atoms with Crippen LogP contribution in [0.2, 0.25) is 0 Å². The van der Waals surface area contributed by atoms with Crippen molar-refractivity contribution in [2.45, 2.75) is 6.92 Å². The van der Waals surface area contributed by atoms with Gasteiger partial charge in [-0.15, -0.1) is 0 Å². The summed E-state index contributed by atoms with van der Waals surface area (Å²) in [6, 6.07) is 8.15. The first-order chi connectivity index (χ1) is 9.51. The number of rotatable bonds is 4. The van der Waals surface area contributed by atoms with Gasteiger partial charge in [-0.25, -0.2) is 0 Å². The van der Waals surface area contributed by atoms with Gasteiger partial charge in [0.2, 0.25) is 5.82 Å². The first-order valence-corrected chi connectivity index (χ1v) is 5.69. The number of carbonyl (C=O) groups excluding carboxylic acids is 1. The van der Waals surface area contributed by atoms with Crippen molar-refractivity contribution in [3.8, 4) is 11.5 Å². The molecule has 0 N–H and O–H groups in total. The van der Waals surface area contributed by atoms with Gasteiger partial charge in [0.25, 0.3) is 0 Å². The largest absolute Gasteiger partial charge is 0.457 e. The number of nitrogens with zero attached hydrogens (tertiary/aromatic N) is 1. The Labute approximate surface area is 113 Å². The molecular weight excluding hydrogens is 265 g/mol. The van der Waals surface area contributed by atoms with Crippen LogP contribution in [0.3, 0.4) is 0 Å².